The maximum atomic E-state index is 11.1. The van der Waals surface area contributed by atoms with Crippen LogP contribution in [0.5, 0.6) is 5.75 Å². The van der Waals surface area contributed by atoms with Crippen molar-refractivity contribution in [3.05, 3.63) is 29.3 Å². The SMILES string of the molecule is COc1cc(C(C)C)ccc1CCN(C)C(=O)Br. The van der Waals surface area contributed by atoms with Crippen LogP contribution in [-0.4, -0.2) is 30.4 Å². The normalized spacial score (nSPS) is 10.6. The van der Waals surface area contributed by atoms with Crippen molar-refractivity contribution in [1.29, 1.82) is 0 Å². The number of carbonyl (C=O) groups is 1. The van der Waals surface area contributed by atoms with E-state index in [4.69, 9.17) is 4.74 Å². The molecule has 0 aliphatic rings. The van der Waals surface area contributed by atoms with Crippen molar-refractivity contribution in [2.75, 3.05) is 20.7 Å². The van der Waals surface area contributed by atoms with Crippen LogP contribution in [0.1, 0.15) is 30.9 Å². The van der Waals surface area contributed by atoms with E-state index in [0.717, 1.165) is 17.7 Å². The van der Waals surface area contributed by atoms with Crippen LogP contribution >= 0.6 is 15.9 Å². The fourth-order valence-corrected chi connectivity index (χ4v) is 1.88. The van der Waals surface area contributed by atoms with Gasteiger partial charge >= 0.3 is 0 Å². The Hall–Kier alpha value is -1.03. The van der Waals surface area contributed by atoms with Crippen molar-refractivity contribution in [3.8, 4) is 5.75 Å². The third-order valence-electron chi connectivity index (χ3n) is 2.99. The van der Waals surface area contributed by atoms with Crippen LogP contribution in [-0.2, 0) is 6.42 Å². The molecule has 0 heterocycles. The second-order valence-electron chi connectivity index (χ2n) is 4.65. The zero-order valence-corrected chi connectivity index (χ0v) is 13.0. The molecular formula is C14H20BrNO2. The van der Waals surface area contributed by atoms with Crippen molar-refractivity contribution in [2.45, 2.75) is 26.2 Å². The number of methoxy groups -OCH3 is 1. The van der Waals surface area contributed by atoms with E-state index in [1.165, 1.54) is 5.56 Å². The molecule has 4 heteroatoms. The number of halogens is 1. The van der Waals surface area contributed by atoms with Crippen LogP contribution < -0.4 is 4.74 Å². The molecule has 0 fully saturated rings. The quantitative estimate of drug-likeness (QED) is 0.611. The number of nitrogens with zero attached hydrogens (tertiary/aromatic N) is 1. The molecule has 1 amide bonds. The number of benzene rings is 1. The average Bonchev–Trinajstić information content (AvgIpc) is 2.35. The minimum atomic E-state index is -0.0970. The summed E-state index contributed by atoms with van der Waals surface area (Å²) in [6, 6.07) is 6.29. The van der Waals surface area contributed by atoms with Crippen LogP contribution in [0.4, 0.5) is 4.79 Å². The molecule has 0 saturated carbocycles. The molecule has 1 aromatic carbocycles. The maximum Gasteiger partial charge on any atom is 0.289 e. The van der Waals surface area contributed by atoms with Gasteiger partial charge in [0.1, 0.15) is 5.75 Å². The van der Waals surface area contributed by atoms with E-state index in [2.05, 4.69) is 48.0 Å². The summed E-state index contributed by atoms with van der Waals surface area (Å²) in [7, 11) is 3.45. The van der Waals surface area contributed by atoms with Crippen molar-refractivity contribution >= 4 is 20.7 Å². The molecule has 18 heavy (non-hydrogen) atoms. The Bertz CT molecular complexity index is 418. The van der Waals surface area contributed by atoms with Crippen LogP contribution in [0.2, 0.25) is 0 Å². The van der Waals surface area contributed by atoms with Crippen molar-refractivity contribution in [3.63, 3.8) is 0 Å². The van der Waals surface area contributed by atoms with E-state index in [-0.39, 0.29) is 4.82 Å². The van der Waals surface area contributed by atoms with Gasteiger partial charge in [-0.15, -0.1) is 0 Å². The summed E-state index contributed by atoms with van der Waals surface area (Å²) < 4.78 is 5.41. The summed E-state index contributed by atoms with van der Waals surface area (Å²) in [5.41, 5.74) is 2.39. The molecular weight excluding hydrogens is 294 g/mol. The van der Waals surface area contributed by atoms with Crippen LogP contribution in [0.25, 0.3) is 0 Å². The third-order valence-corrected chi connectivity index (χ3v) is 3.60. The lowest BCUT2D eigenvalue weighted by molar-refractivity contribution is 0.235. The largest absolute Gasteiger partial charge is 0.496 e. The molecule has 0 aliphatic carbocycles. The molecule has 1 aromatic rings. The van der Waals surface area contributed by atoms with Gasteiger partial charge in [-0.1, -0.05) is 26.0 Å². The fraction of sp³-hybridized carbons (Fsp3) is 0.500. The lowest BCUT2D eigenvalue weighted by Crippen LogP contribution is -2.23. The highest BCUT2D eigenvalue weighted by Gasteiger charge is 2.09. The molecule has 3 nitrogen and oxygen atoms in total. The molecule has 0 aliphatic heterocycles. The minimum absolute atomic E-state index is 0.0970. The van der Waals surface area contributed by atoms with Crippen LogP contribution in [0.3, 0.4) is 0 Å². The Labute approximate surface area is 117 Å². The van der Waals surface area contributed by atoms with E-state index in [9.17, 15) is 4.79 Å². The minimum Gasteiger partial charge on any atom is -0.496 e. The first kappa shape index (κ1) is 15.0. The van der Waals surface area contributed by atoms with Crippen LogP contribution in [0, 0.1) is 0 Å². The topological polar surface area (TPSA) is 29.5 Å². The summed E-state index contributed by atoms with van der Waals surface area (Å²) in [6.45, 7) is 4.99. The van der Waals surface area contributed by atoms with E-state index in [1.54, 1.807) is 19.1 Å². The Morgan fingerprint density at radius 2 is 2.11 bits per heavy atom. The lowest BCUT2D eigenvalue weighted by atomic mass is 10.00. The van der Waals surface area contributed by atoms with Gasteiger partial charge < -0.3 is 9.64 Å². The second-order valence-corrected chi connectivity index (χ2v) is 5.33. The first-order valence-corrected chi connectivity index (χ1v) is 6.82. The summed E-state index contributed by atoms with van der Waals surface area (Å²) in [5, 5.41) is 0. The Morgan fingerprint density at radius 1 is 1.44 bits per heavy atom. The fourth-order valence-electron chi connectivity index (χ4n) is 1.70. The summed E-state index contributed by atoms with van der Waals surface area (Å²) in [6.07, 6.45) is 0.787. The van der Waals surface area contributed by atoms with E-state index in [0.29, 0.717) is 12.5 Å². The van der Waals surface area contributed by atoms with Gasteiger partial charge in [0, 0.05) is 29.5 Å². The van der Waals surface area contributed by atoms with Crippen molar-refractivity contribution < 1.29 is 9.53 Å². The summed E-state index contributed by atoms with van der Waals surface area (Å²) >= 11 is 2.94. The highest BCUT2D eigenvalue weighted by molar-refractivity contribution is 9.18. The highest BCUT2D eigenvalue weighted by atomic mass is 79.9. The van der Waals surface area contributed by atoms with E-state index in [1.807, 2.05) is 0 Å². The smallest absolute Gasteiger partial charge is 0.289 e. The number of rotatable bonds is 5. The molecule has 0 atom stereocenters. The number of hydrogen-bond donors (Lipinski definition) is 0. The molecule has 0 spiro atoms. The van der Waals surface area contributed by atoms with Crippen molar-refractivity contribution in [1.82, 2.24) is 4.90 Å². The summed E-state index contributed by atoms with van der Waals surface area (Å²) in [4.78, 5) is 12.6. The number of carbonyl (C=O) groups excluding carboxylic acids is 1. The third kappa shape index (κ3) is 4.02. The molecule has 0 unspecified atom stereocenters. The van der Waals surface area contributed by atoms with Gasteiger partial charge in [-0.25, -0.2) is 0 Å². The molecule has 0 aromatic heterocycles. The molecule has 0 N–H and O–H groups in total. The first-order valence-electron chi connectivity index (χ1n) is 6.03. The maximum absolute atomic E-state index is 11.1. The number of likely N-dealkylation sites (N-methyl/N-ethyl adjacent to an activating group) is 1. The Morgan fingerprint density at radius 3 is 2.61 bits per heavy atom. The number of ether oxygens (including phenoxy) is 1. The van der Waals surface area contributed by atoms with Gasteiger partial charge in [-0.3, -0.25) is 4.79 Å². The van der Waals surface area contributed by atoms with E-state index < -0.39 is 0 Å². The van der Waals surface area contributed by atoms with Gasteiger partial charge in [0.25, 0.3) is 4.82 Å². The predicted molar refractivity (Wildman–Crippen MR) is 77.7 cm³/mol. The van der Waals surface area contributed by atoms with Crippen LogP contribution in [0.15, 0.2) is 18.2 Å². The van der Waals surface area contributed by atoms with Crippen molar-refractivity contribution in [2.24, 2.45) is 0 Å². The Balaban J connectivity index is 2.80. The van der Waals surface area contributed by atoms with Gasteiger partial charge in [0.05, 0.1) is 7.11 Å². The molecule has 0 saturated heterocycles. The second kappa shape index (κ2) is 6.78. The van der Waals surface area contributed by atoms with Gasteiger partial charge in [-0.05, 0) is 29.5 Å². The zero-order chi connectivity index (χ0) is 13.7. The molecule has 0 bridgehead atoms. The predicted octanol–water partition coefficient (Wildman–Crippen LogP) is 3.81. The zero-order valence-electron chi connectivity index (χ0n) is 11.4. The molecule has 0 radical (unpaired) electrons. The molecule has 100 valence electrons. The van der Waals surface area contributed by atoms with Gasteiger partial charge in [-0.2, -0.15) is 0 Å². The Kier molecular flexibility index (Phi) is 5.66. The number of hydrogen-bond acceptors (Lipinski definition) is 2. The first-order chi connectivity index (χ1) is 8.45. The van der Waals surface area contributed by atoms with E-state index >= 15 is 0 Å². The monoisotopic (exact) mass is 313 g/mol. The molecule has 1 rings (SSSR count). The summed E-state index contributed by atoms with van der Waals surface area (Å²) in [5.74, 6) is 1.39. The standard InChI is InChI=1S/C14H20BrNO2/c1-10(2)12-6-5-11(13(9-12)18-4)7-8-16(3)14(15)17/h5-6,9-10H,7-8H2,1-4H3. The van der Waals surface area contributed by atoms with Gasteiger partial charge in [0.2, 0.25) is 0 Å². The van der Waals surface area contributed by atoms with Gasteiger partial charge in [0.15, 0.2) is 0 Å². The number of amides is 1. The average molecular weight is 314 g/mol. The lowest BCUT2D eigenvalue weighted by Gasteiger charge is -2.16. The highest BCUT2D eigenvalue weighted by Crippen LogP contribution is 2.25.